The predicted octanol–water partition coefficient (Wildman–Crippen LogP) is 2.96. The Labute approximate surface area is 80.3 Å². The van der Waals surface area contributed by atoms with Crippen LogP contribution in [-0.2, 0) is 0 Å². The molecule has 1 aromatic rings. The van der Waals surface area contributed by atoms with Gasteiger partial charge in [0, 0.05) is 22.2 Å². The largest absolute Gasteiger partial charge is 0.327 e. The molecule has 0 saturated carbocycles. The van der Waals surface area contributed by atoms with Crippen LogP contribution in [0.15, 0.2) is 18.2 Å². The van der Waals surface area contributed by atoms with Gasteiger partial charge in [-0.3, -0.25) is 0 Å². The highest BCUT2D eigenvalue weighted by molar-refractivity contribution is 6.36. The standard InChI is InChI=1S/C8H8Cl2FN/c9-5-2-1-3-6(10)8(5)7(11)4-12/h1-3,7H,4,12H2. The fourth-order valence-corrected chi connectivity index (χ4v) is 1.56. The van der Waals surface area contributed by atoms with Crippen LogP contribution < -0.4 is 5.73 Å². The molecule has 0 amide bonds. The van der Waals surface area contributed by atoms with E-state index in [0.717, 1.165) is 0 Å². The number of rotatable bonds is 2. The Hall–Kier alpha value is -0.310. The van der Waals surface area contributed by atoms with Crippen LogP contribution in [-0.4, -0.2) is 6.54 Å². The minimum atomic E-state index is -1.29. The number of halogens is 3. The van der Waals surface area contributed by atoms with Crippen molar-refractivity contribution in [1.82, 2.24) is 0 Å². The topological polar surface area (TPSA) is 26.0 Å². The lowest BCUT2D eigenvalue weighted by atomic mass is 10.1. The second-order valence-corrected chi connectivity index (χ2v) is 3.15. The summed E-state index contributed by atoms with van der Waals surface area (Å²) in [7, 11) is 0. The van der Waals surface area contributed by atoms with Crippen molar-refractivity contribution in [2.24, 2.45) is 5.73 Å². The molecule has 1 nitrogen and oxygen atoms in total. The van der Waals surface area contributed by atoms with Crippen molar-refractivity contribution in [3.8, 4) is 0 Å². The maximum Gasteiger partial charge on any atom is 0.140 e. The summed E-state index contributed by atoms with van der Waals surface area (Å²) in [5.74, 6) is 0. The Morgan fingerprint density at radius 2 is 1.83 bits per heavy atom. The van der Waals surface area contributed by atoms with E-state index in [2.05, 4.69) is 0 Å². The van der Waals surface area contributed by atoms with E-state index in [1.54, 1.807) is 18.2 Å². The molecule has 2 N–H and O–H groups in total. The average molecular weight is 208 g/mol. The molecule has 0 spiro atoms. The lowest BCUT2D eigenvalue weighted by molar-refractivity contribution is 0.353. The number of nitrogens with two attached hydrogens (primary N) is 1. The second kappa shape index (κ2) is 4.08. The summed E-state index contributed by atoms with van der Waals surface area (Å²) in [4.78, 5) is 0. The van der Waals surface area contributed by atoms with Gasteiger partial charge in [-0.1, -0.05) is 29.3 Å². The molecule has 0 aliphatic rings. The molecule has 0 aromatic heterocycles. The molecule has 0 saturated heterocycles. The van der Waals surface area contributed by atoms with Gasteiger partial charge in [0.15, 0.2) is 0 Å². The first kappa shape index (κ1) is 9.78. The number of benzene rings is 1. The zero-order valence-electron chi connectivity index (χ0n) is 6.23. The van der Waals surface area contributed by atoms with Gasteiger partial charge in [0.1, 0.15) is 6.17 Å². The van der Waals surface area contributed by atoms with Crippen molar-refractivity contribution < 1.29 is 4.39 Å². The fraction of sp³-hybridized carbons (Fsp3) is 0.250. The van der Waals surface area contributed by atoms with E-state index in [4.69, 9.17) is 28.9 Å². The Bertz CT molecular complexity index is 258. The molecule has 1 aromatic carbocycles. The summed E-state index contributed by atoms with van der Waals surface area (Å²) >= 11 is 11.4. The monoisotopic (exact) mass is 207 g/mol. The van der Waals surface area contributed by atoms with Crippen LogP contribution in [0.3, 0.4) is 0 Å². The molecule has 0 fully saturated rings. The highest BCUT2D eigenvalue weighted by Crippen LogP contribution is 2.31. The molecule has 0 radical (unpaired) electrons. The van der Waals surface area contributed by atoms with Gasteiger partial charge < -0.3 is 5.73 Å². The molecule has 12 heavy (non-hydrogen) atoms. The van der Waals surface area contributed by atoms with Gasteiger partial charge in [-0.05, 0) is 12.1 Å². The summed E-state index contributed by atoms with van der Waals surface area (Å²) in [6.45, 7) is -0.108. The van der Waals surface area contributed by atoms with Crippen molar-refractivity contribution in [3.63, 3.8) is 0 Å². The quantitative estimate of drug-likeness (QED) is 0.794. The Kier molecular flexibility index (Phi) is 3.32. The molecule has 1 rings (SSSR count). The molecule has 1 unspecified atom stereocenters. The first-order chi connectivity index (χ1) is 5.66. The highest BCUT2D eigenvalue weighted by atomic mass is 35.5. The van der Waals surface area contributed by atoms with Gasteiger partial charge in [-0.2, -0.15) is 0 Å². The predicted molar refractivity (Wildman–Crippen MR) is 49.4 cm³/mol. The third-order valence-corrected chi connectivity index (χ3v) is 2.18. The smallest absolute Gasteiger partial charge is 0.140 e. The highest BCUT2D eigenvalue weighted by Gasteiger charge is 2.14. The number of hydrogen-bond acceptors (Lipinski definition) is 1. The van der Waals surface area contributed by atoms with Gasteiger partial charge >= 0.3 is 0 Å². The number of alkyl halides is 1. The minimum Gasteiger partial charge on any atom is -0.327 e. The van der Waals surface area contributed by atoms with Crippen LogP contribution in [0.1, 0.15) is 11.7 Å². The molecule has 0 aliphatic heterocycles. The maximum atomic E-state index is 13.1. The van der Waals surface area contributed by atoms with E-state index in [-0.39, 0.29) is 12.1 Å². The summed E-state index contributed by atoms with van der Waals surface area (Å²) < 4.78 is 13.1. The van der Waals surface area contributed by atoms with Crippen molar-refractivity contribution >= 4 is 23.2 Å². The normalized spacial score (nSPS) is 13.0. The molecule has 1 atom stereocenters. The summed E-state index contributed by atoms with van der Waals surface area (Å²) in [6.07, 6.45) is -1.29. The molecular weight excluding hydrogens is 200 g/mol. The van der Waals surface area contributed by atoms with Crippen molar-refractivity contribution in [2.75, 3.05) is 6.54 Å². The maximum absolute atomic E-state index is 13.1. The SMILES string of the molecule is NCC(F)c1c(Cl)cccc1Cl. The lowest BCUT2D eigenvalue weighted by Crippen LogP contribution is -2.08. The molecule has 66 valence electrons. The average Bonchev–Trinajstić information content (AvgIpc) is 2.03. The van der Waals surface area contributed by atoms with Crippen LogP contribution in [0.5, 0.6) is 0 Å². The minimum absolute atomic E-state index is 0.108. The van der Waals surface area contributed by atoms with Gasteiger partial charge in [-0.25, -0.2) is 4.39 Å². The van der Waals surface area contributed by atoms with Gasteiger partial charge in [0.2, 0.25) is 0 Å². The third kappa shape index (κ3) is 1.89. The van der Waals surface area contributed by atoms with E-state index >= 15 is 0 Å². The van der Waals surface area contributed by atoms with Crippen molar-refractivity contribution in [3.05, 3.63) is 33.8 Å². The second-order valence-electron chi connectivity index (χ2n) is 2.34. The molecule has 0 aliphatic carbocycles. The van der Waals surface area contributed by atoms with Crippen LogP contribution in [0.4, 0.5) is 4.39 Å². The molecular formula is C8H8Cl2FN. The lowest BCUT2D eigenvalue weighted by Gasteiger charge is -2.09. The Morgan fingerprint density at radius 1 is 1.33 bits per heavy atom. The van der Waals surface area contributed by atoms with Gasteiger partial charge in [0.05, 0.1) is 0 Å². The first-order valence-corrected chi connectivity index (χ1v) is 4.20. The van der Waals surface area contributed by atoms with E-state index in [0.29, 0.717) is 10.0 Å². The molecule has 0 heterocycles. The summed E-state index contributed by atoms with van der Waals surface area (Å²) in [6, 6.07) is 4.84. The summed E-state index contributed by atoms with van der Waals surface area (Å²) in [5.41, 5.74) is 5.43. The van der Waals surface area contributed by atoms with Crippen molar-refractivity contribution in [2.45, 2.75) is 6.17 Å². The molecule has 4 heteroatoms. The van der Waals surface area contributed by atoms with Crippen LogP contribution in [0, 0.1) is 0 Å². The third-order valence-electron chi connectivity index (χ3n) is 1.52. The van der Waals surface area contributed by atoms with Crippen LogP contribution in [0.25, 0.3) is 0 Å². The van der Waals surface area contributed by atoms with Crippen LogP contribution >= 0.6 is 23.2 Å². The first-order valence-electron chi connectivity index (χ1n) is 3.45. The van der Waals surface area contributed by atoms with E-state index in [1.807, 2.05) is 0 Å². The fourth-order valence-electron chi connectivity index (χ4n) is 0.928. The zero-order valence-corrected chi connectivity index (χ0v) is 7.74. The van der Waals surface area contributed by atoms with Gasteiger partial charge in [-0.15, -0.1) is 0 Å². The van der Waals surface area contributed by atoms with Crippen LogP contribution in [0.2, 0.25) is 10.0 Å². The van der Waals surface area contributed by atoms with E-state index in [9.17, 15) is 4.39 Å². The van der Waals surface area contributed by atoms with E-state index in [1.165, 1.54) is 0 Å². The summed E-state index contributed by atoms with van der Waals surface area (Å²) in [5, 5.41) is 0.640. The van der Waals surface area contributed by atoms with E-state index < -0.39 is 6.17 Å². The van der Waals surface area contributed by atoms with Crippen molar-refractivity contribution in [1.29, 1.82) is 0 Å². The van der Waals surface area contributed by atoms with Gasteiger partial charge in [0.25, 0.3) is 0 Å². The molecule has 0 bridgehead atoms. The zero-order chi connectivity index (χ0) is 9.14. The number of hydrogen-bond donors (Lipinski definition) is 1. The Balaban J connectivity index is 3.12. The Morgan fingerprint density at radius 3 is 2.25 bits per heavy atom.